The lowest BCUT2D eigenvalue weighted by Crippen LogP contribution is -2.43. The molecule has 0 N–H and O–H groups in total. The molecule has 0 aliphatic heterocycles. The molecule has 9 heteroatoms. The largest absolute Gasteiger partial charge is 0.345 e. The lowest BCUT2D eigenvalue weighted by molar-refractivity contribution is -0.132. The number of sulfonamides is 1. The SMILES string of the molecule is CCCCN(Cc1cccn1Cc1ccc(Br)cc1)C(=O)CN(CCC(C)C)S(=O)(=O)c1ccc(F)cc1. The van der Waals surface area contributed by atoms with Crippen molar-refractivity contribution in [1.82, 2.24) is 13.8 Å². The Balaban J connectivity index is 1.81. The number of hydrogen-bond donors (Lipinski definition) is 0. The van der Waals surface area contributed by atoms with Gasteiger partial charge in [0.2, 0.25) is 15.9 Å². The average Bonchev–Trinajstić information content (AvgIpc) is 3.31. The normalized spacial score (nSPS) is 11.9. The minimum Gasteiger partial charge on any atom is -0.345 e. The number of carbonyl (C=O) groups is 1. The molecule has 1 amide bonds. The lowest BCUT2D eigenvalue weighted by atomic mass is 10.1. The summed E-state index contributed by atoms with van der Waals surface area (Å²) in [7, 11) is -3.97. The summed E-state index contributed by atoms with van der Waals surface area (Å²) in [5.41, 5.74) is 2.12. The van der Waals surface area contributed by atoms with Crippen molar-refractivity contribution in [1.29, 1.82) is 0 Å². The Hall–Kier alpha value is -2.49. The van der Waals surface area contributed by atoms with Crippen molar-refractivity contribution >= 4 is 31.9 Å². The smallest absolute Gasteiger partial charge is 0.243 e. The first-order valence-corrected chi connectivity index (χ1v) is 15.3. The van der Waals surface area contributed by atoms with Gasteiger partial charge in [0.1, 0.15) is 5.82 Å². The summed E-state index contributed by atoms with van der Waals surface area (Å²) in [4.78, 5) is 15.3. The number of halogens is 2. The maximum absolute atomic E-state index is 13.6. The van der Waals surface area contributed by atoms with Crippen molar-refractivity contribution in [2.45, 2.75) is 58.0 Å². The van der Waals surface area contributed by atoms with Gasteiger partial charge in [-0.15, -0.1) is 0 Å². The summed E-state index contributed by atoms with van der Waals surface area (Å²) < 4.78 is 44.7. The third-order valence-corrected chi connectivity index (χ3v) is 8.78. The summed E-state index contributed by atoms with van der Waals surface area (Å²) >= 11 is 3.47. The van der Waals surface area contributed by atoms with Gasteiger partial charge in [0.05, 0.1) is 18.0 Å². The van der Waals surface area contributed by atoms with Gasteiger partial charge in [0.15, 0.2) is 0 Å². The van der Waals surface area contributed by atoms with Gasteiger partial charge in [-0.1, -0.05) is 55.3 Å². The zero-order valence-corrected chi connectivity index (χ0v) is 24.7. The lowest BCUT2D eigenvalue weighted by Gasteiger charge is -2.28. The summed E-state index contributed by atoms with van der Waals surface area (Å²) in [5.74, 6) is -0.496. The van der Waals surface area contributed by atoms with E-state index in [1.165, 1.54) is 16.4 Å². The third-order valence-electron chi connectivity index (χ3n) is 6.40. The fourth-order valence-corrected chi connectivity index (χ4v) is 5.73. The van der Waals surface area contributed by atoms with Crippen LogP contribution < -0.4 is 0 Å². The van der Waals surface area contributed by atoms with Crippen LogP contribution in [0.2, 0.25) is 0 Å². The Morgan fingerprint density at radius 3 is 2.34 bits per heavy atom. The van der Waals surface area contributed by atoms with E-state index in [1.807, 2.05) is 44.3 Å². The second kappa shape index (κ2) is 14.1. The number of amides is 1. The molecule has 1 aromatic heterocycles. The first kappa shape index (κ1) is 30.1. The van der Waals surface area contributed by atoms with Crippen LogP contribution >= 0.6 is 15.9 Å². The summed E-state index contributed by atoms with van der Waals surface area (Å²) in [6, 6.07) is 16.8. The highest BCUT2D eigenvalue weighted by Gasteiger charge is 2.29. The zero-order valence-electron chi connectivity index (χ0n) is 22.3. The quantitative estimate of drug-likeness (QED) is 0.216. The van der Waals surface area contributed by atoms with Crippen LogP contribution in [0.25, 0.3) is 0 Å². The molecule has 0 atom stereocenters. The molecule has 0 aliphatic carbocycles. The Morgan fingerprint density at radius 1 is 1.03 bits per heavy atom. The van der Waals surface area contributed by atoms with Crippen LogP contribution in [0.15, 0.2) is 76.2 Å². The van der Waals surface area contributed by atoms with E-state index in [9.17, 15) is 17.6 Å². The minimum absolute atomic E-state index is 0.0149. The average molecular weight is 607 g/mol. The molecule has 0 radical (unpaired) electrons. The molecule has 0 spiro atoms. The summed E-state index contributed by atoms with van der Waals surface area (Å²) in [6.07, 6.45) is 4.33. The van der Waals surface area contributed by atoms with Crippen LogP contribution in [-0.4, -0.2) is 47.7 Å². The molecule has 0 saturated carbocycles. The Morgan fingerprint density at radius 2 is 1.71 bits per heavy atom. The van der Waals surface area contributed by atoms with Gasteiger partial charge in [0.25, 0.3) is 0 Å². The fourth-order valence-electron chi connectivity index (χ4n) is 4.06. The van der Waals surface area contributed by atoms with E-state index in [-0.39, 0.29) is 29.8 Å². The molecule has 6 nitrogen and oxygen atoms in total. The van der Waals surface area contributed by atoms with Gasteiger partial charge in [-0.25, -0.2) is 12.8 Å². The van der Waals surface area contributed by atoms with Crippen molar-refractivity contribution in [2.75, 3.05) is 19.6 Å². The Kier molecular flexibility index (Phi) is 11.1. The number of unbranched alkanes of at least 4 members (excludes halogenated alkanes) is 1. The van der Waals surface area contributed by atoms with E-state index in [0.717, 1.165) is 40.7 Å². The van der Waals surface area contributed by atoms with Crippen molar-refractivity contribution in [3.63, 3.8) is 0 Å². The maximum Gasteiger partial charge on any atom is 0.243 e. The summed E-state index contributed by atoms with van der Waals surface area (Å²) in [6.45, 7) is 7.63. The van der Waals surface area contributed by atoms with Crippen molar-refractivity contribution in [3.05, 3.63) is 88.4 Å². The molecule has 38 heavy (non-hydrogen) atoms. The molecule has 206 valence electrons. The molecule has 2 aromatic carbocycles. The molecule has 1 heterocycles. The Labute approximate surface area is 234 Å². The predicted octanol–water partition coefficient (Wildman–Crippen LogP) is 6.30. The Bertz CT molecular complexity index is 1280. The van der Waals surface area contributed by atoms with Gasteiger partial charge >= 0.3 is 0 Å². The van der Waals surface area contributed by atoms with Crippen LogP contribution in [0.5, 0.6) is 0 Å². The highest BCUT2D eigenvalue weighted by Crippen LogP contribution is 2.19. The van der Waals surface area contributed by atoms with Crippen LogP contribution in [-0.2, 0) is 27.9 Å². The van der Waals surface area contributed by atoms with E-state index in [1.54, 1.807) is 4.90 Å². The standard InChI is InChI=1S/C29H37BrFN3O3S/c1-4-5-17-33(21-27-7-6-18-32(27)20-24-8-10-25(30)11-9-24)29(35)22-34(19-16-23(2)3)38(36,37)28-14-12-26(31)13-15-28/h6-15,18,23H,4-5,16-17,19-22H2,1-3H3. The van der Waals surface area contributed by atoms with E-state index in [2.05, 4.69) is 39.6 Å². The van der Waals surface area contributed by atoms with Crippen molar-refractivity contribution in [2.24, 2.45) is 5.92 Å². The van der Waals surface area contributed by atoms with Gasteiger partial charge < -0.3 is 9.47 Å². The molecule has 0 unspecified atom stereocenters. The number of benzene rings is 2. The molecule has 0 bridgehead atoms. The van der Waals surface area contributed by atoms with E-state index >= 15 is 0 Å². The second-order valence-electron chi connectivity index (χ2n) is 9.90. The van der Waals surface area contributed by atoms with Crippen LogP contribution in [0.4, 0.5) is 4.39 Å². The van der Waals surface area contributed by atoms with Gasteiger partial charge in [0, 0.05) is 36.0 Å². The van der Waals surface area contributed by atoms with Crippen LogP contribution in [0.3, 0.4) is 0 Å². The number of hydrogen-bond acceptors (Lipinski definition) is 3. The van der Waals surface area contributed by atoms with Crippen LogP contribution in [0, 0.1) is 11.7 Å². The summed E-state index contributed by atoms with van der Waals surface area (Å²) in [5, 5.41) is 0. The molecule has 0 aliphatic rings. The maximum atomic E-state index is 13.6. The molecule has 3 aromatic rings. The number of rotatable bonds is 14. The van der Waals surface area contributed by atoms with Gasteiger partial charge in [-0.05, 0) is 72.9 Å². The molecule has 0 saturated heterocycles. The second-order valence-corrected chi connectivity index (χ2v) is 12.8. The monoisotopic (exact) mass is 605 g/mol. The molecule has 0 fully saturated rings. The fraction of sp³-hybridized carbons (Fsp3) is 0.414. The van der Waals surface area contributed by atoms with E-state index in [0.29, 0.717) is 26.1 Å². The number of aromatic nitrogens is 1. The van der Waals surface area contributed by atoms with Crippen molar-refractivity contribution < 1.29 is 17.6 Å². The topological polar surface area (TPSA) is 62.6 Å². The van der Waals surface area contributed by atoms with Crippen molar-refractivity contribution in [3.8, 4) is 0 Å². The number of carbonyl (C=O) groups excluding carboxylic acids is 1. The van der Waals surface area contributed by atoms with Gasteiger partial charge in [-0.3, -0.25) is 4.79 Å². The highest BCUT2D eigenvalue weighted by molar-refractivity contribution is 9.10. The first-order valence-electron chi connectivity index (χ1n) is 13.0. The zero-order chi connectivity index (χ0) is 27.7. The number of nitrogens with zero attached hydrogens (tertiary/aromatic N) is 3. The predicted molar refractivity (Wildman–Crippen MR) is 153 cm³/mol. The third kappa shape index (κ3) is 8.51. The first-order chi connectivity index (χ1) is 18.1. The highest BCUT2D eigenvalue weighted by atomic mass is 79.9. The molecular weight excluding hydrogens is 569 g/mol. The van der Waals surface area contributed by atoms with Gasteiger partial charge in [-0.2, -0.15) is 4.31 Å². The minimum atomic E-state index is -3.97. The van der Waals surface area contributed by atoms with E-state index < -0.39 is 15.8 Å². The molecular formula is C29H37BrFN3O3S. The van der Waals surface area contributed by atoms with Crippen LogP contribution in [0.1, 0.15) is 51.3 Å². The van der Waals surface area contributed by atoms with E-state index in [4.69, 9.17) is 0 Å². The molecule has 3 rings (SSSR count).